The Kier molecular flexibility index (Phi) is 7.56. The molecule has 0 aliphatic carbocycles. The predicted octanol–water partition coefficient (Wildman–Crippen LogP) is 3.53. The lowest BCUT2D eigenvalue weighted by atomic mass is 10.3. The number of nitrogens with one attached hydrogen (secondary N) is 2. The molecule has 0 unspecified atom stereocenters. The van der Waals surface area contributed by atoms with Crippen molar-refractivity contribution in [2.24, 2.45) is 0 Å². The second kappa shape index (κ2) is 9.89. The Morgan fingerprint density at radius 1 is 0.962 bits per heavy atom. The first kappa shape index (κ1) is 19.9. The summed E-state index contributed by atoms with van der Waals surface area (Å²) >= 11 is 11.8. The molecule has 0 spiro atoms. The van der Waals surface area contributed by atoms with Gasteiger partial charge in [0.05, 0.1) is 5.02 Å². The van der Waals surface area contributed by atoms with Gasteiger partial charge >= 0.3 is 0 Å². The SMILES string of the molecule is CCNC(=O)COc1ccc(NC(=O)COc2ccc(Cl)cc2Cl)cc1. The fraction of sp³-hybridized carbons (Fsp3) is 0.222. The third kappa shape index (κ3) is 6.46. The van der Waals surface area contributed by atoms with Crippen LogP contribution >= 0.6 is 23.2 Å². The van der Waals surface area contributed by atoms with E-state index in [0.717, 1.165) is 0 Å². The quantitative estimate of drug-likeness (QED) is 0.715. The first-order chi connectivity index (χ1) is 12.5. The van der Waals surface area contributed by atoms with Crippen molar-refractivity contribution in [2.75, 3.05) is 25.1 Å². The summed E-state index contributed by atoms with van der Waals surface area (Å²) < 4.78 is 10.7. The van der Waals surface area contributed by atoms with Crippen LogP contribution in [0.2, 0.25) is 10.0 Å². The van der Waals surface area contributed by atoms with Crippen LogP contribution in [-0.4, -0.2) is 31.6 Å². The van der Waals surface area contributed by atoms with Crippen LogP contribution in [0.4, 0.5) is 5.69 Å². The van der Waals surface area contributed by atoms with Gasteiger partial charge in [-0.1, -0.05) is 23.2 Å². The largest absolute Gasteiger partial charge is 0.484 e. The van der Waals surface area contributed by atoms with Gasteiger partial charge in [0.25, 0.3) is 11.8 Å². The molecule has 6 nitrogen and oxygen atoms in total. The van der Waals surface area contributed by atoms with E-state index < -0.39 is 0 Å². The fourth-order valence-corrected chi connectivity index (χ4v) is 2.43. The number of halogens is 2. The van der Waals surface area contributed by atoms with E-state index in [2.05, 4.69) is 10.6 Å². The maximum atomic E-state index is 11.9. The molecule has 0 bridgehead atoms. The molecule has 0 saturated carbocycles. The maximum Gasteiger partial charge on any atom is 0.262 e. The Balaban J connectivity index is 1.80. The highest BCUT2D eigenvalue weighted by Gasteiger charge is 2.07. The number of likely N-dealkylation sites (N-methyl/N-ethyl adjacent to an activating group) is 1. The van der Waals surface area contributed by atoms with Crippen LogP contribution in [0.25, 0.3) is 0 Å². The summed E-state index contributed by atoms with van der Waals surface area (Å²) in [5, 5.41) is 6.14. The number of carbonyl (C=O) groups excluding carboxylic acids is 2. The Morgan fingerprint density at radius 2 is 1.65 bits per heavy atom. The first-order valence-corrected chi connectivity index (χ1v) is 8.60. The van der Waals surface area contributed by atoms with Crippen molar-refractivity contribution in [1.29, 1.82) is 0 Å². The average Bonchev–Trinajstić information content (AvgIpc) is 2.61. The van der Waals surface area contributed by atoms with E-state index in [4.69, 9.17) is 32.7 Å². The summed E-state index contributed by atoms with van der Waals surface area (Å²) in [4.78, 5) is 23.3. The van der Waals surface area contributed by atoms with Gasteiger partial charge in [-0.25, -0.2) is 0 Å². The Morgan fingerprint density at radius 3 is 2.31 bits per heavy atom. The van der Waals surface area contributed by atoms with Crippen molar-refractivity contribution < 1.29 is 19.1 Å². The van der Waals surface area contributed by atoms with Crippen LogP contribution in [0.1, 0.15) is 6.92 Å². The van der Waals surface area contributed by atoms with E-state index in [0.29, 0.717) is 33.8 Å². The summed E-state index contributed by atoms with van der Waals surface area (Å²) in [6.07, 6.45) is 0. The molecule has 2 rings (SSSR count). The molecule has 0 aliphatic rings. The number of benzene rings is 2. The summed E-state index contributed by atoms with van der Waals surface area (Å²) in [6.45, 7) is 2.13. The highest BCUT2D eigenvalue weighted by atomic mass is 35.5. The molecular formula is C18H18Cl2N2O4. The minimum absolute atomic E-state index is 0.0603. The lowest BCUT2D eigenvalue weighted by molar-refractivity contribution is -0.123. The average molecular weight is 397 g/mol. The van der Waals surface area contributed by atoms with Crippen LogP contribution in [0.5, 0.6) is 11.5 Å². The number of rotatable bonds is 8. The molecule has 0 saturated heterocycles. The maximum absolute atomic E-state index is 11.9. The molecule has 0 atom stereocenters. The van der Waals surface area contributed by atoms with Crippen LogP contribution in [-0.2, 0) is 9.59 Å². The van der Waals surface area contributed by atoms with Crippen LogP contribution < -0.4 is 20.1 Å². The van der Waals surface area contributed by atoms with Crippen molar-refractivity contribution in [3.63, 3.8) is 0 Å². The Bertz CT molecular complexity index is 766. The zero-order valence-corrected chi connectivity index (χ0v) is 15.6. The van der Waals surface area contributed by atoms with Crippen molar-refractivity contribution in [3.8, 4) is 11.5 Å². The second-order valence-electron chi connectivity index (χ2n) is 5.18. The van der Waals surface area contributed by atoms with E-state index in [1.165, 1.54) is 6.07 Å². The topological polar surface area (TPSA) is 76.7 Å². The Hall–Kier alpha value is -2.44. The molecule has 8 heteroatoms. The van der Waals surface area contributed by atoms with Crippen molar-refractivity contribution in [3.05, 3.63) is 52.5 Å². The molecule has 0 aromatic heterocycles. The molecule has 2 aromatic carbocycles. The van der Waals surface area contributed by atoms with E-state index in [-0.39, 0.29) is 25.0 Å². The van der Waals surface area contributed by atoms with Crippen LogP contribution in [0.3, 0.4) is 0 Å². The Labute approximate surface area is 161 Å². The normalized spacial score (nSPS) is 10.1. The van der Waals surface area contributed by atoms with Gasteiger partial charge in [0, 0.05) is 17.3 Å². The molecule has 0 radical (unpaired) electrons. The number of hydrogen-bond donors (Lipinski definition) is 2. The summed E-state index contributed by atoms with van der Waals surface area (Å²) in [6, 6.07) is 11.4. The third-order valence-electron chi connectivity index (χ3n) is 3.13. The van der Waals surface area contributed by atoms with Gasteiger partial charge in [0.2, 0.25) is 0 Å². The lowest BCUT2D eigenvalue weighted by Gasteiger charge is -2.10. The molecule has 2 amide bonds. The standard InChI is InChI=1S/C18H18Cl2N2O4/c1-2-21-17(23)10-25-14-6-4-13(5-7-14)22-18(24)11-26-16-8-3-12(19)9-15(16)20/h3-9H,2,10-11H2,1H3,(H,21,23)(H,22,24). The molecular weight excluding hydrogens is 379 g/mol. The number of hydrogen-bond acceptors (Lipinski definition) is 4. The molecule has 26 heavy (non-hydrogen) atoms. The van der Waals surface area contributed by atoms with Gasteiger partial charge in [-0.15, -0.1) is 0 Å². The zero-order chi connectivity index (χ0) is 18.9. The number of ether oxygens (including phenoxy) is 2. The molecule has 2 aromatic rings. The second-order valence-corrected chi connectivity index (χ2v) is 6.02. The van der Waals surface area contributed by atoms with Gasteiger partial charge in [-0.05, 0) is 49.4 Å². The molecule has 0 aliphatic heterocycles. The zero-order valence-electron chi connectivity index (χ0n) is 14.1. The monoisotopic (exact) mass is 396 g/mol. The van der Waals surface area contributed by atoms with Crippen molar-refractivity contribution in [1.82, 2.24) is 5.32 Å². The molecule has 0 fully saturated rings. The van der Waals surface area contributed by atoms with E-state index >= 15 is 0 Å². The van der Waals surface area contributed by atoms with Crippen molar-refractivity contribution >= 4 is 40.7 Å². The number of anilines is 1. The highest BCUT2D eigenvalue weighted by Crippen LogP contribution is 2.27. The van der Waals surface area contributed by atoms with Gasteiger partial charge in [0.15, 0.2) is 13.2 Å². The highest BCUT2D eigenvalue weighted by molar-refractivity contribution is 6.35. The third-order valence-corrected chi connectivity index (χ3v) is 3.67. The van der Waals surface area contributed by atoms with Crippen molar-refractivity contribution in [2.45, 2.75) is 6.92 Å². The van der Waals surface area contributed by atoms with Crippen LogP contribution in [0, 0.1) is 0 Å². The minimum atomic E-state index is -0.341. The van der Waals surface area contributed by atoms with E-state index in [1.54, 1.807) is 36.4 Å². The first-order valence-electron chi connectivity index (χ1n) is 7.85. The summed E-state index contributed by atoms with van der Waals surface area (Å²) in [5.41, 5.74) is 0.575. The van der Waals surface area contributed by atoms with Gasteiger partial charge in [-0.2, -0.15) is 0 Å². The number of carbonyl (C=O) groups is 2. The summed E-state index contributed by atoms with van der Waals surface area (Å²) in [7, 11) is 0. The van der Waals surface area contributed by atoms with Gasteiger partial charge in [-0.3, -0.25) is 9.59 Å². The molecule has 0 heterocycles. The lowest BCUT2D eigenvalue weighted by Crippen LogP contribution is -2.28. The summed E-state index contributed by atoms with van der Waals surface area (Å²) in [5.74, 6) is 0.369. The molecule has 2 N–H and O–H groups in total. The van der Waals surface area contributed by atoms with E-state index in [9.17, 15) is 9.59 Å². The number of amides is 2. The smallest absolute Gasteiger partial charge is 0.262 e. The molecule has 138 valence electrons. The van der Waals surface area contributed by atoms with Crippen LogP contribution in [0.15, 0.2) is 42.5 Å². The van der Waals surface area contributed by atoms with E-state index in [1.807, 2.05) is 6.92 Å². The fourth-order valence-electron chi connectivity index (χ4n) is 1.96. The predicted molar refractivity (Wildman–Crippen MR) is 101 cm³/mol. The minimum Gasteiger partial charge on any atom is -0.484 e. The van der Waals surface area contributed by atoms with Gasteiger partial charge < -0.3 is 20.1 Å². The van der Waals surface area contributed by atoms with Gasteiger partial charge in [0.1, 0.15) is 11.5 Å².